The summed E-state index contributed by atoms with van der Waals surface area (Å²) in [6.07, 6.45) is 3.79. The number of rotatable bonds is 5. The van der Waals surface area contributed by atoms with Crippen molar-refractivity contribution < 1.29 is 9.90 Å². The summed E-state index contributed by atoms with van der Waals surface area (Å²) in [6, 6.07) is 7.13. The van der Waals surface area contributed by atoms with Crippen LogP contribution in [0.3, 0.4) is 0 Å². The van der Waals surface area contributed by atoms with Gasteiger partial charge < -0.3 is 10.4 Å². The molecule has 6 heteroatoms. The third-order valence-electron chi connectivity index (χ3n) is 2.50. The molecule has 0 aliphatic carbocycles. The second-order valence-electron chi connectivity index (χ2n) is 3.85. The fourth-order valence-corrected chi connectivity index (χ4v) is 1.75. The molecule has 0 amide bonds. The first-order chi connectivity index (χ1) is 9.16. The number of carboxylic acid groups (broad SMARTS) is 1. The van der Waals surface area contributed by atoms with E-state index in [-0.39, 0.29) is 10.6 Å². The number of halogens is 1. The largest absolute Gasteiger partial charge is 0.478 e. The van der Waals surface area contributed by atoms with E-state index in [9.17, 15) is 4.79 Å². The van der Waals surface area contributed by atoms with Crippen LogP contribution in [0.5, 0.6) is 0 Å². The number of hydrogen-bond donors (Lipinski definition) is 2. The molecule has 0 saturated heterocycles. The van der Waals surface area contributed by atoms with E-state index in [2.05, 4.69) is 15.3 Å². The smallest absolute Gasteiger partial charge is 0.337 e. The van der Waals surface area contributed by atoms with Crippen LogP contribution >= 0.6 is 11.6 Å². The van der Waals surface area contributed by atoms with Crippen molar-refractivity contribution in [2.45, 2.75) is 6.42 Å². The lowest BCUT2D eigenvalue weighted by molar-refractivity contribution is 0.0697. The maximum absolute atomic E-state index is 10.9. The molecule has 0 unspecified atom stereocenters. The van der Waals surface area contributed by atoms with Crippen molar-refractivity contribution in [3.63, 3.8) is 0 Å². The molecule has 0 saturated carbocycles. The molecule has 0 aliphatic rings. The normalized spacial score (nSPS) is 10.2. The highest BCUT2D eigenvalue weighted by atomic mass is 35.5. The number of anilines is 1. The van der Waals surface area contributed by atoms with Crippen LogP contribution in [0.2, 0.25) is 5.02 Å². The number of nitrogens with one attached hydrogen (secondary N) is 1. The Morgan fingerprint density at radius 2 is 2.21 bits per heavy atom. The Hall–Kier alpha value is -2.14. The molecule has 0 atom stereocenters. The van der Waals surface area contributed by atoms with Crippen LogP contribution in [0.25, 0.3) is 0 Å². The predicted molar refractivity (Wildman–Crippen MR) is 72.6 cm³/mol. The molecule has 0 aromatic carbocycles. The number of pyridine rings is 2. The van der Waals surface area contributed by atoms with Gasteiger partial charge in [0, 0.05) is 31.1 Å². The molecule has 19 heavy (non-hydrogen) atoms. The molecule has 0 aliphatic heterocycles. The zero-order valence-electron chi connectivity index (χ0n) is 10.0. The second kappa shape index (κ2) is 6.15. The van der Waals surface area contributed by atoms with Crippen molar-refractivity contribution in [2.24, 2.45) is 0 Å². The van der Waals surface area contributed by atoms with Gasteiger partial charge in [0.05, 0.1) is 10.6 Å². The molecule has 2 aromatic rings. The summed E-state index contributed by atoms with van der Waals surface area (Å²) in [7, 11) is 0. The molecule has 0 fully saturated rings. The summed E-state index contributed by atoms with van der Waals surface area (Å²) >= 11 is 5.74. The van der Waals surface area contributed by atoms with E-state index < -0.39 is 5.97 Å². The quantitative estimate of drug-likeness (QED) is 0.878. The Kier molecular flexibility index (Phi) is 4.30. The molecule has 5 nitrogen and oxygen atoms in total. The highest BCUT2D eigenvalue weighted by Crippen LogP contribution is 2.17. The Bertz CT molecular complexity index is 575. The van der Waals surface area contributed by atoms with Crippen molar-refractivity contribution in [3.8, 4) is 0 Å². The van der Waals surface area contributed by atoms with Gasteiger partial charge in [0.1, 0.15) is 5.82 Å². The van der Waals surface area contributed by atoms with Crippen molar-refractivity contribution >= 4 is 23.4 Å². The van der Waals surface area contributed by atoms with Gasteiger partial charge in [-0.15, -0.1) is 0 Å². The van der Waals surface area contributed by atoms with E-state index in [4.69, 9.17) is 16.7 Å². The Morgan fingerprint density at radius 3 is 2.89 bits per heavy atom. The van der Waals surface area contributed by atoms with E-state index >= 15 is 0 Å². The molecule has 0 spiro atoms. The number of aromatic nitrogens is 2. The average Bonchev–Trinajstić information content (AvgIpc) is 2.41. The van der Waals surface area contributed by atoms with Gasteiger partial charge in [0.15, 0.2) is 0 Å². The molecule has 2 aromatic heterocycles. The van der Waals surface area contributed by atoms with E-state index in [0.717, 1.165) is 12.1 Å². The summed E-state index contributed by atoms with van der Waals surface area (Å²) < 4.78 is 0. The highest BCUT2D eigenvalue weighted by molar-refractivity contribution is 6.33. The first-order valence-electron chi connectivity index (χ1n) is 5.69. The summed E-state index contributed by atoms with van der Waals surface area (Å²) in [5.74, 6) is -0.585. The predicted octanol–water partition coefficient (Wildman–Crippen LogP) is 2.48. The molecule has 2 rings (SSSR count). The molecular weight excluding hydrogens is 266 g/mol. The van der Waals surface area contributed by atoms with Crippen LogP contribution in [0.1, 0.15) is 16.1 Å². The minimum absolute atomic E-state index is 0.0389. The van der Waals surface area contributed by atoms with Crippen LogP contribution in [-0.2, 0) is 6.42 Å². The lowest BCUT2D eigenvalue weighted by atomic mass is 10.2. The van der Waals surface area contributed by atoms with Gasteiger partial charge >= 0.3 is 5.97 Å². The fraction of sp³-hybridized carbons (Fsp3) is 0.154. The lowest BCUT2D eigenvalue weighted by Crippen LogP contribution is -2.08. The van der Waals surface area contributed by atoms with E-state index in [0.29, 0.717) is 12.4 Å². The summed E-state index contributed by atoms with van der Waals surface area (Å²) in [4.78, 5) is 19.1. The van der Waals surface area contributed by atoms with E-state index in [1.165, 1.54) is 12.3 Å². The Balaban J connectivity index is 1.97. The highest BCUT2D eigenvalue weighted by Gasteiger charge is 2.10. The third-order valence-corrected chi connectivity index (χ3v) is 2.80. The Labute approximate surface area is 115 Å². The van der Waals surface area contributed by atoms with Crippen molar-refractivity contribution in [1.29, 1.82) is 0 Å². The molecular formula is C13H12ClN3O2. The number of carboxylic acids is 1. The maximum atomic E-state index is 10.9. The van der Waals surface area contributed by atoms with Crippen LogP contribution in [0, 0.1) is 0 Å². The summed E-state index contributed by atoms with van der Waals surface area (Å²) in [6.45, 7) is 0.616. The fourth-order valence-electron chi connectivity index (χ4n) is 1.56. The lowest BCUT2D eigenvalue weighted by Gasteiger charge is -2.06. The molecule has 2 N–H and O–H groups in total. The summed E-state index contributed by atoms with van der Waals surface area (Å²) in [5, 5.41) is 12.1. The van der Waals surface area contributed by atoms with E-state index in [1.54, 1.807) is 6.20 Å². The van der Waals surface area contributed by atoms with Gasteiger partial charge in [0.2, 0.25) is 0 Å². The van der Waals surface area contributed by atoms with Gasteiger partial charge in [-0.05, 0) is 18.2 Å². The molecule has 98 valence electrons. The van der Waals surface area contributed by atoms with Gasteiger partial charge in [-0.2, -0.15) is 0 Å². The molecule has 0 bridgehead atoms. The van der Waals surface area contributed by atoms with Crippen LogP contribution < -0.4 is 5.32 Å². The number of nitrogens with zero attached hydrogens (tertiary/aromatic N) is 2. The zero-order valence-corrected chi connectivity index (χ0v) is 10.8. The van der Waals surface area contributed by atoms with E-state index in [1.807, 2.05) is 18.2 Å². The van der Waals surface area contributed by atoms with Crippen LogP contribution in [-0.4, -0.2) is 27.6 Å². The maximum Gasteiger partial charge on any atom is 0.337 e. The van der Waals surface area contributed by atoms with Crippen LogP contribution in [0.4, 0.5) is 5.82 Å². The Morgan fingerprint density at radius 1 is 1.37 bits per heavy atom. The first-order valence-corrected chi connectivity index (χ1v) is 6.07. The topological polar surface area (TPSA) is 75.1 Å². The first kappa shape index (κ1) is 13.3. The van der Waals surface area contributed by atoms with Gasteiger partial charge in [-0.25, -0.2) is 9.78 Å². The minimum Gasteiger partial charge on any atom is -0.478 e. The van der Waals surface area contributed by atoms with Crippen molar-refractivity contribution in [2.75, 3.05) is 11.9 Å². The van der Waals surface area contributed by atoms with Crippen molar-refractivity contribution in [1.82, 2.24) is 9.97 Å². The van der Waals surface area contributed by atoms with Crippen molar-refractivity contribution in [3.05, 3.63) is 52.9 Å². The van der Waals surface area contributed by atoms with Gasteiger partial charge in [-0.3, -0.25) is 4.98 Å². The SMILES string of the molecule is O=C(O)c1cc(NCCc2ccccn2)ncc1Cl. The number of carbonyl (C=O) groups is 1. The van der Waals surface area contributed by atoms with Crippen LogP contribution in [0.15, 0.2) is 36.7 Å². The standard InChI is InChI=1S/C13H12ClN3O2/c14-11-8-17-12(7-10(11)13(18)19)16-6-4-9-3-1-2-5-15-9/h1-3,5,7-8H,4,6H2,(H,16,17)(H,18,19). The minimum atomic E-state index is -1.07. The third kappa shape index (κ3) is 3.66. The molecule has 2 heterocycles. The zero-order chi connectivity index (χ0) is 13.7. The number of hydrogen-bond acceptors (Lipinski definition) is 4. The monoisotopic (exact) mass is 277 g/mol. The molecule has 0 radical (unpaired) electrons. The van der Waals surface area contributed by atoms with Gasteiger partial charge in [-0.1, -0.05) is 17.7 Å². The number of aromatic carboxylic acids is 1. The summed E-state index contributed by atoms with van der Waals surface area (Å²) in [5.41, 5.74) is 0.999. The second-order valence-corrected chi connectivity index (χ2v) is 4.26. The van der Waals surface area contributed by atoms with Gasteiger partial charge in [0.25, 0.3) is 0 Å². The average molecular weight is 278 g/mol.